The number of nitrogens with zero attached hydrogens (tertiary/aromatic N) is 1. The smallest absolute Gasteiger partial charge is 0.323 e. The van der Waals surface area contributed by atoms with Gasteiger partial charge in [0.15, 0.2) is 0 Å². The maximum absolute atomic E-state index is 12.9. The number of hydrogen-bond acceptors (Lipinski definition) is 5. The van der Waals surface area contributed by atoms with Gasteiger partial charge in [0.1, 0.15) is 17.2 Å². The van der Waals surface area contributed by atoms with Crippen LogP contribution in [0, 0.1) is 0 Å². The minimum atomic E-state index is -0.589. The van der Waals surface area contributed by atoms with Crippen LogP contribution in [0.5, 0.6) is 0 Å². The monoisotopic (exact) mass is 455 g/mol. The summed E-state index contributed by atoms with van der Waals surface area (Å²) >= 11 is 3.43. The first-order valence-electron chi connectivity index (χ1n) is 9.70. The summed E-state index contributed by atoms with van der Waals surface area (Å²) in [6, 6.07) is 9.48. The summed E-state index contributed by atoms with van der Waals surface area (Å²) in [5, 5.41) is 0.639. The number of rotatable bonds is 9. The number of carbonyl (C=O) groups excluding carboxylic acids is 2. The molecule has 0 amide bonds. The van der Waals surface area contributed by atoms with Crippen molar-refractivity contribution in [2.24, 2.45) is 0 Å². The fourth-order valence-corrected chi connectivity index (χ4v) is 3.22. The summed E-state index contributed by atoms with van der Waals surface area (Å²) in [6.07, 6.45) is 1.28. The maximum Gasteiger partial charge on any atom is 0.323 e. The summed E-state index contributed by atoms with van der Waals surface area (Å²) in [6.45, 7) is 11.6. The quantitative estimate of drug-likeness (QED) is 0.408. The summed E-state index contributed by atoms with van der Waals surface area (Å²) in [5.41, 5.74) is -0.0106. The maximum atomic E-state index is 12.9. The van der Waals surface area contributed by atoms with Gasteiger partial charge < -0.3 is 9.47 Å². The van der Waals surface area contributed by atoms with Crippen molar-refractivity contribution in [2.45, 2.75) is 71.6 Å². The van der Waals surface area contributed by atoms with Crippen molar-refractivity contribution in [3.8, 4) is 0 Å². The van der Waals surface area contributed by atoms with E-state index in [0.29, 0.717) is 18.3 Å². The molecule has 0 bridgehead atoms. The SMILES string of the molecule is CC(C)(C)OC(=O)CN(CCBr)C(CCc1ccccc1)C(=O)OC(C)(C)C. The molecular formula is C22H34BrNO4. The number of ether oxygens (including phenoxy) is 2. The molecule has 0 saturated heterocycles. The predicted octanol–water partition coefficient (Wildman–Crippen LogP) is 4.37. The van der Waals surface area contributed by atoms with Crippen molar-refractivity contribution in [3.63, 3.8) is 0 Å². The number of esters is 2. The molecule has 6 heteroatoms. The zero-order chi connectivity index (χ0) is 21.4. The van der Waals surface area contributed by atoms with E-state index in [4.69, 9.17) is 9.47 Å². The van der Waals surface area contributed by atoms with Gasteiger partial charge in [-0.3, -0.25) is 14.5 Å². The highest BCUT2D eigenvalue weighted by atomic mass is 79.9. The van der Waals surface area contributed by atoms with E-state index in [9.17, 15) is 9.59 Å². The van der Waals surface area contributed by atoms with Gasteiger partial charge in [-0.15, -0.1) is 0 Å². The zero-order valence-electron chi connectivity index (χ0n) is 18.0. The van der Waals surface area contributed by atoms with Crippen LogP contribution in [0.2, 0.25) is 0 Å². The fourth-order valence-electron chi connectivity index (χ4n) is 2.76. The molecule has 1 unspecified atom stereocenters. The molecule has 0 N–H and O–H groups in total. The van der Waals surface area contributed by atoms with Crippen LogP contribution in [-0.4, -0.2) is 52.5 Å². The molecule has 0 aliphatic heterocycles. The number of halogens is 1. The van der Waals surface area contributed by atoms with E-state index in [-0.39, 0.29) is 18.5 Å². The van der Waals surface area contributed by atoms with Gasteiger partial charge in [-0.1, -0.05) is 46.3 Å². The van der Waals surface area contributed by atoms with Gasteiger partial charge in [0.2, 0.25) is 0 Å². The molecule has 28 heavy (non-hydrogen) atoms. The van der Waals surface area contributed by atoms with Crippen molar-refractivity contribution in [3.05, 3.63) is 35.9 Å². The van der Waals surface area contributed by atoms with E-state index >= 15 is 0 Å². The van der Waals surface area contributed by atoms with Crippen molar-refractivity contribution < 1.29 is 19.1 Å². The first-order valence-corrected chi connectivity index (χ1v) is 10.8. The molecule has 0 radical (unpaired) electrons. The van der Waals surface area contributed by atoms with Gasteiger partial charge in [-0.25, -0.2) is 0 Å². The molecular weight excluding hydrogens is 422 g/mol. The normalized spacial score (nSPS) is 13.3. The number of aryl methyl sites for hydroxylation is 1. The van der Waals surface area contributed by atoms with Crippen LogP contribution < -0.4 is 0 Å². The Labute approximate surface area is 177 Å². The van der Waals surface area contributed by atoms with Crippen LogP contribution >= 0.6 is 15.9 Å². The number of carbonyl (C=O) groups is 2. The van der Waals surface area contributed by atoms with Crippen molar-refractivity contribution in [2.75, 3.05) is 18.4 Å². The molecule has 0 aliphatic carbocycles. The minimum absolute atomic E-state index is 0.0432. The van der Waals surface area contributed by atoms with E-state index in [1.54, 1.807) is 0 Å². The van der Waals surface area contributed by atoms with Gasteiger partial charge >= 0.3 is 11.9 Å². The van der Waals surface area contributed by atoms with Crippen molar-refractivity contribution in [1.29, 1.82) is 0 Å². The molecule has 1 rings (SSSR count). The standard InChI is InChI=1S/C22H34BrNO4/c1-21(2,3)27-19(25)16-24(15-14-23)18(20(26)28-22(4,5)6)13-12-17-10-8-7-9-11-17/h7-11,18H,12-16H2,1-6H3. The van der Waals surface area contributed by atoms with Gasteiger partial charge in [-0.05, 0) is 59.9 Å². The molecule has 1 atom stereocenters. The highest BCUT2D eigenvalue weighted by molar-refractivity contribution is 9.09. The van der Waals surface area contributed by atoms with Crippen LogP contribution in [0.1, 0.15) is 53.5 Å². The highest BCUT2D eigenvalue weighted by Gasteiger charge is 2.32. The molecule has 0 spiro atoms. The lowest BCUT2D eigenvalue weighted by Gasteiger charge is -2.32. The Morgan fingerprint density at radius 2 is 1.57 bits per heavy atom. The lowest BCUT2D eigenvalue weighted by molar-refractivity contribution is -0.164. The second-order valence-corrected chi connectivity index (χ2v) is 9.61. The van der Waals surface area contributed by atoms with E-state index in [0.717, 1.165) is 12.0 Å². The Morgan fingerprint density at radius 3 is 2.07 bits per heavy atom. The number of alkyl halides is 1. The Morgan fingerprint density at radius 1 is 1.00 bits per heavy atom. The molecule has 0 aromatic heterocycles. The first-order chi connectivity index (χ1) is 12.9. The molecule has 1 aromatic rings. The third-order valence-corrected chi connectivity index (χ3v) is 4.15. The molecule has 0 saturated carbocycles. The Balaban J connectivity index is 2.98. The van der Waals surface area contributed by atoms with Gasteiger partial charge in [0.25, 0.3) is 0 Å². The first kappa shape index (κ1) is 24.6. The van der Waals surface area contributed by atoms with Gasteiger partial charge in [0, 0.05) is 11.9 Å². The Bertz CT molecular complexity index is 620. The van der Waals surface area contributed by atoms with Crippen molar-refractivity contribution >= 4 is 27.9 Å². The topological polar surface area (TPSA) is 55.8 Å². The number of hydrogen-bond donors (Lipinski definition) is 0. The lowest BCUT2D eigenvalue weighted by atomic mass is 10.0. The minimum Gasteiger partial charge on any atom is -0.459 e. The van der Waals surface area contributed by atoms with Gasteiger partial charge in [0.05, 0.1) is 6.54 Å². The molecule has 0 aliphatic rings. The van der Waals surface area contributed by atoms with E-state index in [2.05, 4.69) is 15.9 Å². The summed E-state index contributed by atoms with van der Waals surface area (Å²) in [7, 11) is 0. The van der Waals surface area contributed by atoms with Crippen LogP contribution in [0.25, 0.3) is 0 Å². The summed E-state index contributed by atoms with van der Waals surface area (Å²) in [5.74, 6) is -0.658. The number of benzene rings is 1. The average Bonchev–Trinajstić information content (AvgIpc) is 2.52. The van der Waals surface area contributed by atoms with E-state index in [1.807, 2.05) is 76.8 Å². The molecule has 0 fully saturated rings. The van der Waals surface area contributed by atoms with Crippen LogP contribution in [0.4, 0.5) is 0 Å². The zero-order valence-corrected chi connectivity index (χ0v) is 19.5. The fraction of sp³-hybridized carbons (Fsp3) is 0.636. The van der Waals surface area contributed by atoms with Gasteiger partial charge in [-0.2, -0.15) is 0 Å². The highest BCUT2D eigenvalue weighted by Crippen LogP contribution is 2.17. The molecule has 1 aromatic carbocycles. The summed E-state index contributed by atoms with van der Waals surface area (Å²) < 4.78 is 11.1. The lowest BCUT2D eigenvalue weighted by Crippen LogP contribution is -2.48. The molecule has 158 valence electrons. The Hall–Kier alpha value is -1.40. The summed E-state index contributed by atoms with van der Waals surface area (Å²) in [4.78, 5) is 27.2. The predicted molar refractivity (Wildman–Crippen MR) is 116 cm³/mol. The van der Waals surface area contributed by atoms with Crippen LogP contribution in [0.3, 0.4) is 0 Å². The molecule has 0 heterocycles. The Kier molecular flexibility index (Phi) is 9.64. The average molecular weight is 456 g/mol. The third kappa shape index (κ3) is 10.2. The van der Waals surface area contributed by atoms with Crippen LogP contribution in [-0.2, 0) is 25.5 Å². The second kappa shape index (κ2) is 11.0. The van der Waals surface area contributed by atoms with E-state index in [1.165, 1.54) is 0 Å². The largest absolute Gasteiger partial charge is 0.459 e. The third-order valence-electron chi connectivity index (χ3n) is 3.79. The van der Waals surface area contributed by atoms with E-state index < -0.39 is 17.2 Å². The second-order valence-electron chi connectivity index (χ2n) is 8.82. The molecule has 5 nitrogen and oxygen atoms in total. The van der Waals surface area contributed by atoms with Crippen LogP contribution in [0.15, 0.2) is 30.3 Å². The van der Waals surface area contributed by atoms with Crippen molar-refractivity contribution in [1.82, 2.24) is 4.90 Å².